The van der Waals surface area contributed by atoms with Crippen LogP contribution in [-0.4, -0.2) is 41.2 Å². The van der Waals surface area contributed by atoms with E-state index in [-0.39, 0.29) is 0 Å². The van der Waals surface area contributed by atoms with Crippen LogP contribution in [0.25, 0.3) is 11.4 Å². The molecule has 1 N–H and O–H groups in total. The molecule has 1 fully saturated rings. The fourth-order valence-electron chi connectivity index (χ4n) is 2.15. The minimum absolute atomic E-state index is 0.535. The van der Waals surface area contributed by atoms with E-state index in [1.54, 1.807) is 12.1 Å². The highest BCUT2D eigenvalue weighted by atomic mass is 35.5. The van der Waals surface area contributed by atoms with Crippen molar-refractivity contribution in [2.75, 3.05) is 31.3 Å². The highest BCUT2D eigenvalue weighted by Crippen LogP contribution is 2.29. The lowest BCUT2D eigenvalue weighted by Gasteiger charge is -2.30. The van der Waals surface area contributed by atoms with Crippen molar-refractivity contribution in [1.29, 1.82) is 0 Å². The summed E-state index contributed by atoms with van der Waals surface area (Å²) in [4.78, 5) is 0. The van der Waals surface area contributed by atoms with Crippen molar-refractivity contribution in [2.24, 2.45) is 0 Å². The van der Waals surface area contributed by atoms with E-state index < -0.39 is 0 Å². The van der Waals surface area contributed by atoms with E-state index >= 15 is 0 Å². The van der Waals surface area contributed by atoms with Crippen molar-refractivity contribution in [3.05, 3.63) is 33.0 Å². The van der Waals surface area contributed by atoms with Crippen LogP contribution >= 0.6 is 35.4 Å². The third-order valence-electron chi connectivity index (χ3n) is 3.09. The molecule has 20 heavy (non-hydrogen) atoms. The molecule has 8 heteroatoms. The first-order valence-electron chi connectivity index (χ1n) is 6.12. The fourth-order valence-corrected chi connectivity index (χ4v) is 2.89. The van der Waals surface area contributed by atoms with Gasteiger partial charge in [0.15, 0.2) is 5.82 Å². The van der Waals surface area contributed by atoms with E-state index in [0.29, 0.717) is 33.9 Å². The van der Waals surface area contributed by atoms with Gasteiger partial charge < -0.3 is 9.75 Å². The summed E-state index contributed by atoms with van der Waals surface area (Å²) in [5, 5.41) is 10.3. The molecule has 0 saturated carbocycles. The first-order chi connectivity index (χ1) is 9.66. The third-order valence-corrected chi connectivity index (χ3v) is 3.90. The molecule has 2 aromatic rings. The van der Waals surface area contributed by atoms with E-state index in [2.05, 4.69) is 15.2 Å². The van der Waals surface area contributed by atoms with Crippen LogP contribution in [0.1, 0.15) is 0 Å². The van der Waals surface area contributed by atoms with Gasteiger partial charge >= 0.3 is 0 Å². The second-order valence-corrected chi connectivity index (χ2v) is 5.58. The number of nitrogens with zero attached hydrogens (tertiary/aromatic N) is 3. The highest BCUT2D eigenvalue weighted by molar-refractivity contribution is 7.71. The van der Waals surface area contributed by atoms with Crippen molar-refractivity contribution >= 4 is 35.4 Å². The Morgan fingerprint density at radius 3 is 2.70 bits per heavy atom. The largest absolute Gasteiger partial charge is 0.378 e. The molecule has 3 rings (SSSR count). The Kier molecular flexibility index (Phi) is 3.98. The zero-order valence-corrected chi connectivity index (χ0v) is 12.8. The topological polar surface area (TPSA) is 46.1 Å². The lowest BCUT2D eigenvalue weighted by atomic mass is 10.2. The number of hydrogen-bond donors (Lipinski definition) is 1. The van der Waals surface area contributed by atoms with E-state index in [1.165, 1.54) is 0 Å². The Labute approximate surface area is 131 Å². The van der Waals surface area contributed by atoms with Crippen LogP contribution in [0.2, 0.25) is 10.0 Å². The summed E-state index contributed by atoms with van der Waals surface area (Å²) in [5.41, 5.74) is 0.787. The van der Waals surface area contributed by atoms with Crippen LogP contribution in [0.15, 0.2) is 18.2 Å². The van der Waals surface area contributed by atoms with Gasteiger partial charge in [-0.1, -0.05) is 23.2 Å². The van der Waals surface area contributed by atoms with E-state index in [1.807, 2.05) is 10.7 Å². The summed E-state index contributed by atoms with van der Waals surface area (Å²) in [6.45, 7) is 2.85. The number of morpholine rings is 1. The van der Waals surface area contributed by atoms with Crippen LogP contribution < -0.4 is 5.01 Å². The fraction of sp³-hybridized carbons (Fsp3) is 0.333. The van der Waals surface area contributed by atoms with Gasteiger partial charge in [0.25, 0.3) is 0 Å². The molecule has 0 aliphatic carbocycles. The molecule has 1 aliphatic rings. The first-order valence-corrected chi connectivity index (χ1v) is 7.29. The third kappa shape index (κ3) is 2.56. The maximum Gasteiger partial charge on any atom is 0.214 e. The van der Waals surface area contributed by atoms with E-state index in [0.717, 1.165) is 18.7 Å². The molecule has 0 spiro atoms. The van der Waals surface area contributed by atoms with Crippen molar-refractivity contribution in [2.45, 2.75) is 0 Å². The lowest BCUT2D eigenvalue weighted by Crippen LogP contribution is -2.44. The molecule has 106 valence electrons. The summed E-state index contributed by atoms with van der Waals surface area (Å²) < 4.78 is 7.76. The average Bonchev–Trinajstić information content (AvgIpc) is 2.81. The van der Waals surface area contributed by atoms with Gasteiger partial charge in [0.1, 0.15) is 0 Å². The Bertz CT molecular complexity index is 678. The molecule has 0 bridgehead atoms. The van der Waals surface area contributed by atoms with Gasteiger partial charge in [-0.3, -0.25) is 0 Å². The molecular weight excluding hydrogens is 319 g/mol. The molecule has 5 nitrogen and oxygen atoms in total. The number of benzene rings is 1. The zero-order valence-electron chi connectivity index (χ0n) is 10.5. The van der Waals surface area contributed by atoms with Crippen molar-refractivity contribution in [3.8, 4) is 11.4 Å². The predicted octanol–water partition coefficient (Wildman–Crippen LogP) is 2.88. The van der Waals surface area contributed by atoms with Crippen LogP contribution in [0.5, 0.6) is 0 Å². The summed E-state index contributed by atoms with van der Waals surface area (Å²) in [5.74, 6) is 0.679. The molecule has 1 aromatic carbocycles. The maximum absolute atomic E-state index is 6.26. The van der Waals surface area contributed by atoms with E-state index in [4.69, 9.17) is 40.2 Å². The normalized spacial score (nSPS) is 15.6. The summed E-state index contributed by atoms with van der Waals surface area (Å²) in [7, 11) is 0. The van der Waals surface area contributed by atoms with E-state index in [9.17, 15) is 0 Å². The number of aromatic nitrogens is 3. The zero-order chi connectivity index (χ0) is 14.1. The molecule has 0 radical (unpaired) electrons. The Morgan fingerprint density at radius 2 is 2.00 bits per heavy atom. The van der Waals surface area contributed by atoms with Crippen molar-refractivity contribution < 1.29 is 4.74 Å². The maximum atomic E-state index is 6.26. The number of aromatic amines is 1. The number of halogens is 2. The number of hydrogen-bond acceptors (Lipinski definition) is 4. The highest BCUT2D eigenvalue weighted by Gasteiger charge is 2.19. The smallest absolute Gasteiger partial charge is 0.214 e. The molecule has 0 atom stereocenters. The second-order valence-electron chi connectivity index (χ2n) is 4.35. The molecule has 2 heterocycles. The summed E-state index contributed by atoms with van der Waals surface area (Å²) in [6, 6.07) is 5.32. The first kappa shape index (κ1) is 13.9. The van der Waals surface area contributed by atoms with Gasteiger partial charge in [-0.2, -0.15) is 5.10 Å². The molecule has 0 amide bonds. The number of nitrogens with one attached hydrogen (secondary N) is 1. The number of ether oxygens (including phenoxy) is 1. The molecular formula is C12H12Cl2N4OS. The van der Waals surface area contributed by atoms with Gasteiger partial charge in [-0.25, -0.2) is 9.77 Å². The monoisotopic (exact) mass is 330 g/mol. The van der Waals surface area contributed by atoms with Crippen LogP contribution in [0, 0.1) is 4.77 Å². The van der Waals surface area contributed by atoms with Crippen LogP contribution in [0.3, 0.4) is 0 Å². The molecule has 0 unspecified atom stereocenters. The quantitative estimate of drug-likeness (QED) is 0.860. The molecule has 1 aliphatic heterocycles. The summed E-state index contributed by atoms with van der Waals surface area (Å²) in [6.07, 6.45) is 0. The number of rotatable bonds is 2. The second kappa shape index (κ2) is 5.73. The number of H-pyrrole nitrogens is 1. The van der Waals surface area contributed by atoms with Crippen molar-refractivity contribution in [1.82, 2.24) is 14.9 Å². The lowest BCUT2D eigenvalue weighted by molar-refractivity contribution is 0.111. The molecule has 1 aromatic heterocycles. The Hall–Kier alpha value is -1.08. The van der Waals surface area contributed by atoms with Gasteiger partial charge in [-0.05, 0) is 30.4 Å². The standard InChI is InChI=1S/C12H12Cl2N4OS/c13-8-1-2-9(10(14)7-8)11-15-16-12(20)18(11)17-3-5-19-6-4-17/h1-2,7H,3-6H2,(H,16,20). The Morgan fingerprint density at radius 1 is 1.25 bits per heavy atom. The minimum Gasteiger partial charge on any atom is -0.378 e. The van der Waals surface area contributed by atoms with Gasteiger partial charge in [-0.15, -0.1) is 0 Å². The molecule has 1 saturated heterocycles. The van der Waals surface area contributed by atoms with Crippen LogP contribution in [0.4, 0.5) is 0 Å². The minimum atomic E-state index is 0.535. The van der Waals surface area contributed by atoms with Gasteiger partial charge in [0, 0.05) is 10.6 Å². The van der Waals surface area contributed by atoms with Gasteiger partial charge in [0.2, 0.25) is 4.77 Å². The van der Waals surface area contributed by atoms with Gasteiger partial charge in [0.05, 0.1) is 31.3 Å². The average molecular weight is 331 g/mol. The Balaban J connectivity index is 2.08. The van der Waals surface area contributed by atoms with Crippen LogP contribution in [-0.2, 0) is 4.74 Å². The van der Waals surface area contributed by atoms with Crippen molar-refractivity contribution in [3.63, 3.8) is 0 Å². The predicted molar refractivity (Wildman–Crippen MR) is 81.6 cm³/mol. The summed E-state index contributed by atoms with van der Waals surface area (Å²) >= 11 is 17.5. The SMILES string of the molecule is S=c1[nH]nc(-c2ccc(Cl)cc2Cl)n1N1CCOCC1.